The van der Waals surface area contributed by atoms with Crippen LogP contribution in [0.25, 0.3) is 16.8 Å². The molecule has 0 N–H and O–H groups in total. The van der Waals surface area contributed by atoms with Gasteiger partial charge < -0.3 is 9.64 Å². The predicted octanol–water partition coefficient (Wildman–Crippen LogP) is 1.40. The van der Waals surface area contributed by atoms with Gasteiger partial charge in [0.2, 0.25) is 11.8 Å². The Kier molecular flexibility index (Phi) is 3.53. The summed E-state index contributed by atoms with van der Waals surface area (Å²) < 4.78 is 9.63. The zero-order valence-electron chi connectivity index (χ0n) is 15.0. The Hall–Kier alpha value is -3.16. The Balaban J connectivity index is 1.32. The number of aryl methyl sites for hydroxylation is 1. The second-order valence-electron chi connectivity index (χ2n) is 7.24. The minimum atomic E-state index is 0.0219. The Labute approximate surface area is 156 Å². The molecule has 1 saturated carbocycles. The molecule has 0 bridgehead atoms. The number of piperidine rings is 1. The molecule has 3 aromatic heterocycles. The molecule has 3 aromatic rings. The predicted molar refractivity (Wildman–Crippen MR) is 97.9 cm³/mol. The minimum absolute atomic E-state index is 0.0219. The normalized spacial score (nSPS) is 23.4. The van der Waals surface area contributed by atoms with Crippen molar-refractivity contribution in [2.75, 3.05) is 19.7 Å². The van der Waals surface area contributed by atoms with E-state index in [1.54, 1.807) is 21.6 Å². The minimum Gasteiger partial charge on any atom is -0.476 e. The van der Waals surface area contributed by atoms with Crippen molar-refractivity contribution in [1.29, 1.82) is 0 Å². The summed E-state index contributed by atoms with van der Waals surface area (Å²) >= 11 is 0. The van der Waals surface area contributed by atoms with Crippen LogP contribution in [0.3, 0.4) is 0 Å². The average Bonchev–Trinajstić information content (AvgIpc) is 3.16. The molecule has 0 radical (unpaired) electrons. The summed E-state index contributed by atoms with van der Waals surface area (Å²) in [4.78, 5) is 18.3. The van der Waals surface area contributed by atoms with Gasteiger partial charge in [0.05, 0.1) is 30.9 Å². The van der Waals surface area contributed by atoms with Crippen LogP contribution >= 0.6 is 0 Å². The Morgan fingerprint density at radius 1 is 1.33 bits per heavy atom. The van der Waals surface area contributed by atoms with Gasteiger partial charge in [-0.2, -0.15) is 10.2 Å². The fourth-order valence-electron chi connectivity index (χ4n) is 4.08. The van der Waals surface area contributed by atoms with E-state index in [2.05, 4.69) is 16.8 Å². The summed E-state index contributed by atoms with van der Waals surface area (Å²) in [7, 11) is 1.87. The molecule has 0 aromatic carbocycles. The highest BCUT2D eigenvalue weighted by Gasteiger charge is 2.56. The second kappa shape index (κ2) is 5.94. The molecule has 3 atom stereocenters. The third-order valence-electron chi connectivity index (χ3n) is 5.63. The van der Waals surface area contributed by atoms with E-state index in [9.17, 15) is 4.79 Å². The average molecular weight is 364 g/mol. The van der Waals surface area contributed by atoms with E-state index in [-0.39, 0.29) is 5.91 Å². The molecule has 2 fully saturated rings. The summed E-state index contributed by atoms with van der Waals surface area (Å²) in [6.45, 7) is 5.77. The molecule has 5 rings (SSSR count). The zero-order valence-corrected chi connectivity index (χ0v) is 15.0. The number of nitrogens with zero attached hydrogens (tertiary/aromatic N) is 6. The summed E-state index contributed by atoms with van der Waals surface area (Å²) in [6.07, 6.45) is 8.70. The van der Waals surface area contributed by atoms with Crippen molar-refractivity contribution < 1.29 is 9.53 Å². The van der Waals surface area contributed by atoms with Crippen molar-refractivity contribution in [2.45, 2.75) is 0 Å². The highest BCUT2D eigenvalue weighted by molar-refractivity contribution is 5.87. The number of amides is 1. The van der Waals surface area contributed by atoms with Crippen molar-refractivity contribution in [3.8, 4) is 17.1 Å². The molecule has 27 heavy (non-hydrogen) atoms. The lowest BCUT2D eigenvalue weighted by molar-refractivity contribution is -0.125. The van der Waals surface area contributed by atoms with Crippen molar-refractivity contribution in [3.05, 3.63) is 43.5 Å². The van der Waals surface area contributed by atoms with Crippen LogP contribution in [-0.4, -0.2) is 54.9 Å². The largest absolute Gasteiger partial charge is 0.476 e. The summed E-state index contributed by atoms with van der Waals surface area (Å²) in [5.74, 6) is 2.13. The molecule has 138 valence electrons. The fourth-order valence-corrected chi connectivity index (χ4v) is 4.08. The zero-order chi connectivity index (χ0) is 18.5. The molecular weight excluding hydrogens is 344 g/mol. The van der Waals surface area contributed by atoms with E-state index in [4.69, 9.17) is 9.72 Å². The number of carbonyl (C=O) groups is 1. The molecule has 4 heterocycles. The van der Waals surface area contributed by atoms with Gasteiger partial charge in [0, 0.05) is 37.8 Å². The van der Waals surface area contributed by atoms with Gasteiger partial charge >= 0.3 is 0 Å². The fraction of sp³-hybridized carbons (Fsp3) is 0.368. The van der Waals surface area contributed by atoms with E-state index in [0.29, 0.717) is 30.2 Å². The molecule has 1 saturated heterocycles. The Bertz CT molecular complexity index is 1030. The van der Waals surface area contributed by atoms with Gasteiger partial charge in [0.15, 0.2) is 0 Å². The first kappa shape index (κ1) is 16.0. The van der Waals surface area contributed by atoms with Crippen molar-refractivity contribution in [3.63, 3.8) is 0 Å². The van der Waals surface area contributed by atoms with Gasteiger partial charge in [-0.05, 0) is 24.0 Å². The summed E-state index contributed by atoms with van der Waals surface area (Å²) in [5.41, 5.74) is 2.53. The van der Waals surface area contributed by atoms with Gasteiger partial charge in [0.1, 0.15) is 5.52 Å². The smallest absolute Gasteiger partial charge is 0.245 e. The lowest BCUT2D eigenvalue weighted by Gasteiger charge is -2.18. The van der Waals surface area contributed by atoms with E-state index in [1.165, 1.54) is 6.08 Å². The van der Waals surface area contributed by atoms with Crippen LogP contribution in [0, 0.1) is 17.8 Å². The van der Waals surface area contributed by atoms with Crippen LogP contribution < -0.4 is 4.74 Å². The van der Waals surface area contributed by atoms with Crippen molar-refractivity contribution >= 4 is 11.4 Å². The number of ether oxygens (including phenoxy) is 1. The summed E-state index contributed by atoms with van der Waals surface area (Å²) in [6, 6.07) is 1.90. The van der Waals surface area contributed by atoms with E-state index in [0.717, 1.165) is 29.9 Å². The first-order valence-corrected chi connectivity index (χ1v) is 9.01. The monoisotopic (exact) mass is 364 g/mol. The van der Waals surface area contributed by atoms with Crippen molar-refractivity contribution in [1.82, 2.24) is 29.3 Å². The van der Waals surface area contributed by atoms with Crippen LogP contribution in [0.2, 0.25) is 0 Å². The number of hydrogen-bond acceptors (Lipinski definition) is 5. The Morgan fingerprint density at radius 2 is 2.15 bits per heavy atom. The van der Waals surface area contributed by atoms with Gasteiger partial charge in [-0.15, -0.1) is 0 Å². The second-order valence-corrected chi connectivity index (χ2v) is 7.24. The molecule has 1 amide bonds. The maximum atomic E-state index is 11.7. The third-order valence-corrected chi connectivity index (χ3v) is 5.63. The van der Waals surface area contributed by atoms with Gasteiger partial charge in [-0.25, -0.2) is 9.50 Å². The molecule has 8 heteroatoms. The first-order chi connectivity index (χ1) is 13.1. The highest BCUT2D eigenvalue weighted by atomic mass is 16.5. The van der Waals surface area contributed by atoms with E-state index >= 15 is 0 Å². The first-order valence-electron chi connectivity index (χ1n) is 9.01. The molecule has 0 spiro atoms. The lowest BCUT2D eigenvalue weighted by atomic mass is 10.2. The number of likely N-dealkylation sites (tertiary alicyclic amines) is 1. The Morgan fingerprint density at radius 3 is 2.85 bits per heavy atom. The van der Waals surface area contributed by atoms with Crippen LogP contribution in [0.5, 0.6) is 5.88 Å². The molecule has 8 nitrogen and oxygen atoms in total. The number of hydrogen-bond donors (Lipinski definition) is 0. The lowest BCUT2D eigenvalue weighted by Crippen LogP contribution is -2.30. The van der Waals surface area contributed by atoms with Gasteiger partial charge in [-0.3, -0.25) is 9.48 Å². The highest BCUT2D eigenvalue weighted by Crippen LogP contribution is 2.51. The molecule has 1 aliphatic carbocycles. The third kappa shape index (κ3) is 2.68. The maximum Gasteiger partial charge on any atom is 0.245 e. The van der Waals surface area contributed by atoms with Gasteiger partial charge in [-0.1, -0.05) is 6.58 Å². The number of fused-ring (bicyclic) bond motifs is 2. The number of aromatic nitrogens is 5. The number of carbonyl (C=O) groups excluding carboxylic acids is 1. The van der Waals surface area contributed by atoms with E-state index in [1.807, 2.05) is 30.4 Å². The van der Waals surface area contributed by atoms with Crippen molar-refractivity contribution in [2.24, 2.45) is 24.8 Å². The quantitative estimate of drug-likeness (QED) is 0.640. The van der Waals surface area contributed by atoms with Crippen LogP contribution in [-0.2, 0) is 11.8 Å². The molecule has 2 aliphatic rings. The standard InChI is InChI=1S/C19H20N6O2/c1-3-18(26)24-8-13-14(9-24)15(13)11-27-19-17-4-5-20-25(17)10-16(22-19)12-6-21-23(2)7-12/h3-7,10,13-15H,1,8-9,11H2,2H3/t13-,14+,15?. The maximum absolute atomic E-state index is 11.7. The number of rotatable bonds is 5. The summed E-state index contributed by atoms with van der Waals surface area (Å²) in [5, 5.41) is 8.54. The topological polar surface area (TPSA) is 77.6 Å². The van der Waals surface area contributed by atoms with Crippen LogP contribution in [0.4, 0.5) is 0 Å². The SMILES string of the molecule is C=CC(=O)N1C[C@@H]2C(COc3nc(-c4cnn(C)c4)cn4nccc34)[C@@H]2C1. The van der Waals surface area contributed by atoms with Gasteiger partial charge in [0.25, 0.3) is 0 Å². The van der Waals surface area contributed by atoms with E-state index < -0.39 is 0 Å². The molecule has 1 aliphatic heterocycles. The molecule has 1 unspecified atom stereocenters. The molecular formula is C19H20N6O2. The van der Waals surface area contributed by atoms with Crippen LogP contribution in [0.1, 0.15) is 0 Å². The van der Waals surface area contributed by atoms with Crippen LogP contribution in [0.15, 0.2) is 43.5 Å².